The number of carbonyl (C=O) groups excluding carboxylic acids is 1. The Hall–Kier alpha value is -3.16. The molecule has 0 saturated carbocycles. The second-order valence-electron chi connectivity index (χ2n) is 5.21. The van der Waals surface area contributed by atoms with E-state index in [9.17, 15) is 13.6 Å². The largest absolute Gasteiger partial charge is 0.493 e. The molecule has 2 rings (SSSR count). The van der Waals surface area contributed by atoms with Gasteiger partial charge >= 0.3 is 6.61 Å². The molecule has 0 fully saturated rings. The zero-order chi connectivity index (χ0) is 18.9. The molecule has 2 aromatic rings. The van der Waals surface area contributed by atoms with E-state index in [2.05, 4.69) is 15.2 Å². The summed E-state index contributed by atoms with van der Waals surface area (Å²) in [4.78, 5) is 16.7. The SMILES string of the molecule is COc1cc(/C=N/OCC(=O)Nc2ccc(C)cc2)ccc1OC(F)F. The van der Waals surface area contributed by atoms with Crippen molar-refractivity contribution in [1.82, 2.24) is 0 Å². The van der Waals surface area contributed by atoms with Crippen molar-refractivity contribution in [3.63, 3.8) is 0 Å². The minimum Gasteiger partial charge on any atom is -0.493 e. The Kier molecular flexibility index (Phi) is 6.90. The molecular weight excluding hydrogens is 346 g/mol. The molecule has 0 heterocycles. The quantitative estimate of drug-likeness (QED) is 0.574. The van der Waals surface area contributed by atoms with Crippen molar-refractivity contribution in [3.05, 3.63) is 53.6 Å². The van der Waals surface area contributed by atoms with Crippen LogP contribution in [0, 0.1) is 6.92 Å². The van der Waals surface area contributed by atoms with Gasteiger partial charge in [-0.3, -0.25) is 4.79 Å². The molecule has 0 saturated heterocycles. The number of amides is 1. The number of methoxy groups -OCH3 is 1. The topological polar surface area (TPSA) is 69.2 Å². The van der Waals surface area contributed by atoms with Gasteiger partial charge in [0.1, 0.15) is 0 Å². The number of rotatable bonds is 8. The lowest BCUT2D eigenvalue weighted by Gasteiger charge is -2.09. The van der Waals surface area contributed by atoms with Crippen LogP contribution in [0.15, 0.2) is 47.6 Å². The Morgan fingerprint density at radius 2 is 1.92 bits per heavy atom. The third-order valence-corrected chi connectivity index (χ3v) is 3.21. The number of nitrogens with zero attached hydrogens (tertiary/aromatic N) is 1. The highest BCUT2D eigenvalue weighted by atomic mass is 19.3. The molecule has 0 spiro atoms. The normalized spacial score (nSPS) is 10.8. The van der Waals surface area contributed by atoms with Crippen molar-refractivity contribution in [2.24, 2.45) is 5.16 Å². The summed E-state index contributed by atoms with van der Waals surface area (Å²) in [6.45, 7) is -1.27. The second-order valence-corrected chi connectivity index (χ2v) is 5.21. The minimum absolute atomic E-state index is 0.0851. The van der Waals surface area contributed by atoms with Gasteiger partial charge in [-0.15, -0.1) is 0 Å². The second kappa shape index (κ2) is 9.36. The van der Waals surface area contributed by atoms with Crippen LogP contribution in [-0.2, 0) is 9.63 Å². The molecule has 0 aliphatic heterocycles. The molecule has 0 aliphatic carbocycles. The number of ether oxygens (including phenoxy) is 2. The van der Waals surface area contributed by atoms with Gasteiger partial charge in [-0.1, -0.05) is 22.9 Å². The van der Waals surface area contributed by atoms with Crippen molar-refractivity contribution >= 4 is 17.8 Å². The highest BCUT2D eigenvalue weighted by Gasteiger charge is 2.10. The van der Waals surface area contributed by atoms with E-state index in [4.69, 9.17) is 9.57 Å². The fraction of sp³-hybridized carbons (Fsp3) is 0.222. The van der Waals surface area contributed by atoms with Gasteiger partial charge in [-0.05, 0) is 37.3 Å². The summed E-state index contributed by atoms with van der Waals surface area (Å²) in [5, 5.41) is 6.34. The first kappa shape index (κ1) is 19.2. The molecule has 138 valence electrons. The van der Waals surface area contributed by atoms with Crippen LogP contribution in [0.3, 0.4) is 0 Å². The molecule has 0 atom stereocenters. The van der Waals surface area contributed by atoms with Crippen molar-refractivity contribution < 1.29 is 27.9 Å². The smallest absolute Gasteiger partial charge is 0.387 e. The zero-order valence-electron chi connectivity index (χ0n) is 14.2. The van der Waals surface area contributed by atoms with Gasteiger partial charge in [0, 0.05) is 11.3 Å². The summed E-state index contributed by atoms with van der Waals surface area (Å²) in [6.07, 6.45) is 1.33. The molecule has 1 N–H and O–H groups in total. The van der Waals surface area contributed by atoms with Crippen molar-refractivity contribution in [2.45, 2.75) is 13.5 Å². The van der Waals surface area contributed by atoms with Crippen molar-refractivity contribution in [3.8, 4) is 11.5 Å². The zero-order valence-corrected chi connectivity index (χ0v) is 14.2. The molecular formula is C18H18F2N2O4. The number of oxime groups is 1. The van der Waals surface area contributed by atoms with Crippen molar-refractivity contribution in [1.29, 1.82) is 0 Å². The lowest BCUT2D eigenvalue weighted by atomic mass is 10.2. The minimum atomic E-state index is -2.95. The van der Waals surface area contributed by atoms with E-state index < -0.39 is 6.61 Å². The number of hydrogen-bond donors (Lipinski definition) is 1. The van der Waals surface area contributed by atoms with Gasteiger partial charge in [-0.2, -0.15) is 8.78 Å². The number of benzene rings is 2. The Morgan fingerprint density at radius 3 is 2.58 bits per heavy atom. The Morgan fingerprint density at radius 1 is 1.19 bits per heavy atom. The maximum atomic E-state index is 12.3. The molecule has 26 heavy (non-hydrogen) atoms. The van der Waals surface area contributed by atoms with E-state index in [1.54, 1.807) is 12.1 Å². The summed E-state index contributed by atoms with van der Waals surface area (Å²) in [5.74, 6) is -0.311. The van der Waals surface area contributed by atoms with Crippen molar-refractivity contribution in [2.75, 3.05) is 19.0 Å². The predicted octanol–water partition coefficient (Wildman–Crippen LogP) is 3.59. The fourth-order valence-electron chi connectivity index (χ4n) is 1.99. The van der Waals surface area contributed by atoms with Crippen LogP contribution in [0.4, 0.5) is 14.5 Å². The van der Waals surface area contributed by atoms with Gasteiger partial charge in [0.05, 0.1) is 13.3 Å². The van der Waals surface area contributed by atoms with Gasteiger partial charge in [0.25, 0.3) is 5.91 Å². The van der Waals surface area contributed by atoms with E-state index in [1.165, 1.54) is 31.5 Å². The van der Waals surface area contributed by atoms with Crippen LogP contribution < -0.4 is 14.8 Å². The monoisotopic (exact) mass is 364 g/mol. The standard InChI is InChI=1S/C18H18F2N2O4/c1-12-3-6-14(7-4-12)22-17(23)11-25-21-10-13-5-8-15(26-18(19)20)16(9-13)24-2/h3-10,18H,11H2,1-2H3,(H,22,23)/b21-10+. The summed E-state index contributed by atoms with van der Waals surface area (Å²) in [5.41, 5.74) is 2.28. The molecule has 0 radical (unpaired) electrons. The van der Waals surface area contributed by atoms with Crippen LogP contribution in [0.25, 0.3) is 0 Å². The number of halogens is 2. The Balaban J connectivity index is 1.85. The van der Waals surface area contributed by atoms with Crippen LogP contribution in [-0.4, -0.2) is 32.4 Å². The number of carbonyl (C=O) groups is 1. The Labute approximate surface area is 149 Å². The first-order valence-corrected chi connectivity index (χ1v) is 7.62. The summed E-state index contributed by atoms with van der Waals surface area (Å²) < 4.78 is 33.9. The first-order chi connectivity index (χ1) is 12.5. The first-order valence-electron chi connectivity index (χ1n) is 7.62. The van der Waals surface area contributed by atoms with E-state index >= 15 is 0 Å². The lowest BCUT2D eigenvalue weighted by molar-refractivity contribution is -0.120. The summed E-state index contributed by atoms with van der Waals surface area (Å²) >= 11 is 0. The number of hydrogen-bond acceptors (Lipinski definition) is 5. The number of alkyl halides is 2. The summed E-state index contributed by atoms with van der Waals surface area (Å²) in [6, 6.07) is 11.6. The van der Waals surface area contributed by atoms with Crippen LogP contribution in [0.5, 0.6) is 11.5 Å². The molecule has 0 aromatic heterocycles. The number of nitrogens with one attached hydrogen (secondary N) is 1. The average Bonchev–Trinajstić information content (AvgIpc) is 2.61. The van der Waals surface area contributed by atoms with Crippen LogP contribution >= 0.6 is 0 Å². The fourth-order valence-corrected chi connectivity index (χ4v) is 1.99. The van der Waals surface area contributed by atoms with Gasteiger partial charge < -0.3 is 19.6 Å². The molecule has 8 heteroatoms. The molecule has 2 aromatic carbocycles. The number of aryl methyl sites for hydroxylation is 1. The van der Waals surface area contributed by atoms with Crippen LogP contribution in [0.1, 0.15) is 11.1 Å². The maximum absolute atomic E-state index is 12.3. The number of anilines is 1. The lowest BCUT2D eigenvalue weighted by Crippen LogP contribution is -2.16. The van der Waals surface area contributed by atoms with E-state index in [0.29, 0.717) is 11.3 Å². The van der Waals surface area contributed by atoms with Gasteiger partial charge in [0.15, 0.2) is 18.1 Å². The maximum Gasteiger partial charge on any atom is 0.387 e. The van der Waals surface area contributed by atoms with E-state index in [-0.39, 0.29) is 24.0 Å². The van der Waals surface area contributed by atoms with Crippen LogP contribution in [0.2, 0.25) is 0 Å². The predicted molar refractivity (Wildman–Crippen MR) is 93.0 cm³/mol. The Bertz CT molecular complexity index is 764. The molecule has 6 nitrogen and oxygen atoms in total. The van der Waals surface area contributed by atoms with E-state index in [1.807, 2.05) is 19.1 Å². The van der Waals surface area contributed by atoms with Gasteiger partial charge in [0.2, 0.25) is 0 Å². The highest BCUT2D eigenvalue weighted by molar-refractivity contribution is 5.91. The average molecular weight is 364 g/mol. The van der Waals surface area contributed by atoms with Gasteiger partial charge in [-0.25, -0.2) is 0 Å². The summed E-state index contributed by atoms with van der Waals surface area (Å²) in [7, 11) is 1.33. The highest BCUT2D eigenvalue weighted by Crippen LogP contribution is 2.28. The molecule has 0 bridgehead atoms. The molecule has 1 amide bonds. The third-order valence-electron chi connectivity index (χ3n) is 3.21. The molecule has 0 aliphatic rings. The molecule has 0 unspecified atom stereocenters. The van der Waals surface area contributed by atoms with E-state index in [0.717, 1.165) is 5.56 Å². The third kappa shape index (κ3) is 6.04.